The molecule has 0 atom stereocenters. The molecule has 0 aliphatic heterocycles. The van der Waals surface area contributed by atoms with Crippen molar-refractivity contribution >= 4 is 11.9 Å². The SMILES string of the molecule is CCC(O)(CC)COc1ccc(C(CC)(CC)c2ccc(C(=O)NCC(=O)O)c(C)c2)cc1C. The van der Waals surface area contributed by atoms with Gasteiger partial charge < -0.3 is 20.3 Å². The van der Waals surface area contributed by atoms with Crippen LogP contribution in [-0.2, 0) is 10.2 Å². The zero-order valence-corrected chi connectivity index (χ0v) is 21.3. The molecule has 0 heterocycles. The molecule has 2 aromatic rings. The number of nitrogens with one attached hydrogen (secondary N) is 1. The van der Waals surface area contributed by atoms with E-state index < -0.39 is 18.1 Å². The Kier molecular flexibility index (Phi) is 9.28. The van der Waals surface area contributed by atoms with E-state index in [0.29, 0.717) is 18.4 Å². The minimum absolute atomic E-state index is 0.238. The molecule has 0 bridgehead atoms. The molecule has 186 valence electrons. The van der Waals surface area contributed by atoms with Crippen molar-refractivity contribution in [3.8, 4) is 5.75 Å². The Morgan fingerprint density at radius 3 is 1.91 bits per heavy atom. The second-order valence-corrected chi connectivity index (χ2v) is 9.10. The summed E-state index contributed by atoms with van der Waals surface area (Å²) in [6.45, 7) is 12.0. The van der Waals surface area contributed by atoms with E-state index in [2.05, 4.69) is 31.3 Å². The number of aliphatic hydroxyl groups is 1. The van der Waals surface area contributed by atoms with Gasteiger partial charge in [0, 0.05) is 11.0 Å². The Balaban J connectivity index is 2.37. The average molecular weight is 470 g/mol. The van der Waals surface area contributed by atoms with Crippen LogP contribution in [0.25, 0.3) is 0 Å². The molecule has 2 rings (SSSR count). The highest BCUT2D eigenvalue weighted by Gasteiger charge is 2.32. The van der Waals surface area contributed by atoms with Crippen molar-refractivity contribution in [2.45, 2.75) is 78.2 Å². The summed E-state index contributed by atoms with van der Waals surface area (Å²) in [5.74, 6) is -0.691. The maximum absolute atomic E-state index is 12.4. The standard InChI is InChI=1S/C28H39NO5/c1-7-27(33,8-2)18-34-24-14-12-22(16-20(24)6)28(9-3,10-4)21-11-13-23(19(5)15-21)26(32)29-17-25(30)31/h11-16,33H,7-10,17-18H2,1-6H3,(H,29,32)(H,30,31). The molecule has 0 unspecified atom stereocenters. The Hall–Kier alpha value is -2.86. The fourth-order valence-corrected chi connectivity index (χ4v) is 4.48. The molecule has 1 amide bonds. The van der Waals surface area contributed by atoms with Gasteiger partial charge in [0.15, 0.2) is 0 Å². The minimum Gasteiger partial charge on any atom is -0.490 e. The smallest absolute Gasteiger partial charge is 0.322 e. The van der Waals surface area contributed by atoms with Crippen LogP contribution in [0, 0.1) is 13.8 Å². The predicted octanol–water partition coefficient (Wildman–Crippen LogP) is 5.15. The highest BCUT2D eigenvalue weighted by Crippen LogP contribution is 2.41. The van der Waals surface area contributed by atoms with Gasteiger partial charge in [0.25, 0.3) is 5.91 Å². The summed E-state index contributed by atoms with van der Waals surface area (Å²) in [6, 6.07) is 12.0. The fraction of sp³-hybridized carbons (Fsp3) is 0.500. The number of hydrogen-bond acceptors (Lipinski definition) is 4. The lowest BCUT2D eigenvalue weighted by atomic mass is 9.70. The number of aryl methyl sites for hydroxylation is 2. The van der Waals surface area contributed by atoms with Crippen LogP contribution < -0.4 is 10.1 Å². The first kappa shape index (κ1) is 27.4. The highest BCUT2D eigenvalue weighted by atomic mass is 16.5. The summed E-state index contributed by atoms with van der Waals surface area (Å²) >= 11 is 0. The average Bonchev–Trinajstić information content (AvgIpc) is 2.83. The number of carbonyl (C=O) groups is 2. The Labute approximate surface area is 203 Å². The van der Waals surface area contributed by atoms with Crippen molar-refractivity contribution in [2.24, 2.45) is 0 Å². The molecule has 0 aliphatic carbocycles. The van der Waals surface area contributed by atoms with Gasteiger partial charge in [0.05, 0.1) is 5.60 Å². The minimum atomic E-state index is -1.07. The lowest BCUT2D eigenvalue weighted by molar-refractivity contribution is -0.135. The molecule has 6 heteroatoms. The van der Waals surface area contributed by atoms with Gasteiger partial charge in [0.1, 0.15) is 18.9 Å². The Morgan fingerprint density at radius 1 is 0.882 bits per heavy atom. The van der Waals surface area contributed by atoms with Crippen LogP contribution in [0.3, 0.4) is 0 Å². The molecular weight excluding hydrogens is 430 g/mol. The molecule has 0 aliphatic rings. The Morgan fingerprint density at radius 2 is 1.44 bits per heavy atom. The van der Waals surface area contributed by atoms with E-state index in [1.165, 1.54) is 5.56 Å². The summed E-state index contributed by atoms with van der Waals surface area (Å²) in [7, 11) is 0. The Bertz CT molecular complexity index is 1010. The summed E-state index contributed by atoms with van der Waals surface area (Å²) in [6.07, 6.45) is 3.02. The van der Waals surface area contributed by atoms with Crippen molar-refractivity contribution in [1.82, 2.24) is 5.32 Å². The zero-order valence-electron chi connectivity index (χ0n) is 21.3. The number of benzene rings is 2. The van der Waals surface area contributed by atoms with Gasteiger partial charge in [-0.1, -0.05) is 52.0 Å². The van der Waals surface area contributed by atoms with Crippen LogP contribution in [-0.4, -0.2) is 40.8 Å². The molecule has 0 saturated heterocycles. The second kappa shape index (κ2) is 11.5. The van der Waals surface area contributed by atoms with E-state index in [4.69, 9.17) is 9.84 Å². The zero-order chi connectivity index (χ0) is 25.5. The van der Waals surface area contributed by atoms with Crippen LogP contribution in [0.5, 0.6) is 5.75 Å². The number of hydrogen-bond donors (Lipinski definition) is 3. The van der Waals surface area contributed by atoms with Crippen LogP contribution >= 0.6 is 0 Å². The molecule has 0 fully saturated rings. The van der Waals surface area contributed by atoms with Gasteiger partial charge in [-0.2, -0.15) is 0 Å². The number of aliphatic carboxylic acids is 1. The normalized spacial score (nSPS) is 11.9. The molecule has 0 radical (unpaired) electrons. The van der Waals surface area contributed by atoms with Gasteiger partial charge in [-0.25, -0.2) is 0 Å². The van der Waals surface area contributed by atoms with Crippen LogP contribution in [0.4, 0.5) is 0 Å². The lowest BCUT2D eigenvalue weighted by Gasteiger charge is -2.34. The van der Waals surface area contributed by atoms with E-state index in [1.807, 2.05) is 45.9 Å². The first-order chi connectivity index (χ1) is 16.1. The lowest BCUT2D eigenvalue weighted by Crippen LogP contribution is -2.34. The molecule has 3 N–H and O–H groups in total. The topological polar surface area (TPSA) is 95.9 Å². The number of amides is 1. The van der Waals surface area contributed by atoms with E-state index in [9.17, 15) is 14.7 Å². The number of carbonyl (C=O) groups excluding carboxylic acids is 1. The van der Waals surface area contributed by atoms with Crippen molar-refractivity contribution in [3.63, 3.8) is 0 Å². The van der Waals surface area contributed by atoms with E-state index >= 15 is 0 Å². The van der Waals surface area contributed by atoms with Crippen molar-refractivity contribution in [1.29, 1.82) is 0 Å². The van der Waals surface area contributed by atoms with E-state index in [-0.39, 0.29) is 17.9 Å². The largest absolute Gasteiger partial charge is 0.490 e. The third-order valence-electron chi connectivity index (χ3n) is 7.17. The monoisotopic (exact) mass is 469 g/mol. The molecule has 2 aromatic carbocycles. The predicted molar refractivity (Wildman–Crippen MR) is 135 cm³/mol. The van der Waals surface area contributed by atoms with E-state index in [1.54, 1.807) is 6.07 Å². The number of rotatable bonds is 12. The summed E-state index contributed by atoms with van der Waals surface area (Å²) in [4.78, 5) is 23.2. The van der Waals surface area contributed by atoms with Gasteiger partial charge in [-0.15, -0.1) is 0 Å². The molecular formula is C28H39NO5. The molecule has 0 saturated carbocycles. The van der Waals surface area contributed by atoms with Gasteiger partial charge in [0.2, 0.25) is 0 Å². The van der Waals surface area contributed by atoms with Gasteiger partial charge in [-0.05, 0) is 73.9 Å². The quantitative estimate of drug-likeness (QED) is 0.399. The first-order valence-electron chi connectivity index (χ1n) is 12.1. The van der Waals surface area contributed by atoms with Gasteiger partial charge >= 0.3 is 5.97 Å². The molecule has 0 aromatic heterocycles. The fourth-order valence-electron chi connectivity index (χ4n) is 4.48. The van der Waals surface area contributed by atoms with Crippen LogP contribution in [0.15, 0.2) is 36.4 Å². The first-order valence-corrected chi connectivity index (χ1v) is 12.1. The molecule has 0 spiro atoms. The third-order valence-corrected chi connectivity index (χ3v) is 7.17. The molecule has 6 nitrogen and oxygen atoms in total. The van der Waals surface area contributed by atoms with Crippen molar-refractivity contribution in [2.75, 3.05) is 13.2 Å². The summed E-state index contributed by atoms with van der Waals surface area (Å²) in [5.41, 5.74) is 3.53. The van der Waals surface area contributed by atoms with E-state index in [0.717, 1.165) is 35.3 Å². The second-order valence-electron chi connectivity index (χ2n) is 9.10. The summed E-state index contributed by atoms with van der Waals surface area (Å²) in [5, 5.41) is 21.8. The number of ether oxygens (including phenoxy) is 1. The third kappa shape index (κ3) is 5.98. The van der Waals surface area contributed by atoms with Crippen LogP contribution in [0.2, 0.25) is 0 Å². The molecule has 34 heavy (non-hydrogen) atoms. The van der Waals surface area contributed by atoms with Gasteiger partial charge in [-0.3, -0.25) is 9.59 Å². The van der Waals surface area contributed by atoms with Crippen molar-refractivity contribution in [3.05, 3.63) is 64.2 Å². The number of carboxylic acids is 1. The number of carboxylic acid groups (broad SMARTS) is 1. The van der Waals surface area contributed by atoms with Crippen LogP contribution in [0.1, 0.15) is 86.0 Å². The maximum Gasteiger partial charge on any atom is 0.322 e. The van der Waals surface area contributed by atoms with Crippen molar-refractivity contribution < 1.29 is 24.5 Å². The summed E-state index contributed by atoms with van der Waals surface area (Å²) < 4.78 is 5.99. The highest BCUT2D eigenvalue weighted by molar-refractivity contribution is 5.97. The maximum atomic E-state index is 12.4.